The molecule has 2 rings (SSSR count). The molecule has 0 saturated carbocycles. The molecule has 0 aliphatic carbocycles. The van der Waals surface area contributed by atoms with Gasteiger partial charge in [0, 0.05) is 11.8 Å². The first kappa shape index (κ1) is 15.2. The summed E-state index contributed by atoms with van der Waals surface area (Å²) in [4.78, 5) is 14.9. The molecule has 1 unspecified atom stereocenters. The first-order valence-electron chi connectivity index (χ1n) is 5.69. The second kappa shape index (κ2) is 5.32. The summed E-state index contributed by atoms with van der Waals surface area (Å²) < 4.78 is 59.4. The minimum Gasteiger partial charge on any atom is -0.302 e. The zero-order valence-electron chi connectivity index (χ0n) is 10.1. The minimum absolute atomic E-state index is 0.0276. The van der Waals surface area contributed by atoms with E-state index in [1.165, 1.54) is 0 Å². The third-order valence-electron chi connectivity index (χ3n) is 2.84. The van der Waals surface area contributed by atoms with Crippen molar-refractivity contribution in [2.45, 2.75) is 19.0 Å². The first-order chi connectivity index (χ1) is 9.16. The van der Waals surface area contributed by atoms with Crippen LogP contribution in [0.5, 0.6) is 0 Å². The smallest absolute Gasteiger partial charge is 0.302 e. The summed E-state index contributed by atoms with van der Waals surface area (Å²) >= 11 is 0.681. The van der Waals surface area contributed by atoms with E-state index in [1.54, 1.807) is 0 Å². The van der Waals surface area contributed by atoms with Gasteiger partial charge in [-0.25, -0.2) is 13.4 Å². The summed E-state index contributed by atoms with van der Waals surface area (Å²) in [5.74, 6) is -0.788. The number of alkyl halides is 3. The molecule has 1 aliphatic heterocycles. The van der Waals surface area contributed by atoms with E-state index in [2.05, 4.69) is 10.3 Å². The molecule has 1 atom stereocenters. The van der Waals surface area contributed by atoms with Gasteiger partial charge in [-0.3, -0.25) is 4.79 Å². The standard InChI is InChI=1S/C10H11F3N2O3S2/c11-10(12,13)7-4-19-9(14-7)15-8(16)3-6-1-2-20(17,18)5-6/h4,6H,1-3,5H2,(H,14,15,16). The van der Waals surface area contributed by atoms with Crippen LogP contribution in [0.1, 0.15) is 18.5 Å². The minimum atomic E-state index is -4.54. The van der Waals surface area contributed by atoms with E-state index in [0.29, 0.717) is 17.8 Å². The monoisotopic (exact) mass is 328 g/mol. The Morgan fingerprint density at radius 2 is 2.20 bits per heavy atom. The largest absolute Gasteiger partial charge is 0.434 e. The van der Waals surface area contributed by atoms with Crippen LogP contribution in [0.3, 0.4) is 0 Å². The summed E-state index contributed by atoms with van der Waals surface area (Å²) in [5, 5.41) is 2.94. The molecular formula is C10H11F3N2O3S2. The Balaban J connectivity index is 1.91. The molecule has 1 fully saturated rings. The average Bonchev–Trinajstić information content (AvgIpc) is 2.84. The number of thiazole rings is 1. The zero-order valence-corrected chi connectivity index (χ0v) is 11.7. The van der Waals surface area contributed by atoms with E-state index in [4.69, 9.17) is 0 Å². The van der Waals surface area contributed by atoms with Gasteiger partial charge in [-0.15, -0.1) is 11.3 Å². The fourth-order valence-corrected chi connectivity index (χ4v) is 4.52. The van der Waals surface area contributed by atoms with E-state index in [0.717, 1.165) is 5.38 Å². The van der Waals surface area contributed by atoms with Crippen molar-refractivity contribution < 1.29 is 26.4 Å². The second-order valence-corrected chi connectivity index (χ2v) is 7.64. The Morgan fingerprint density at radius 1 is 1.50 bits per heavy atom. The molecular weight excluding hydrogens is 317 g/mol. The molecule has 20 heavy (non-hydrogen) atoms. The van der Waals surface area contributed by atoms with Crippen molar-refractivity contribution in [1.29, 1.82) is 0 Å². The molecule has 1 aliphatic rings. The molecule has 5 nitrogen and oxygen atoms in total. The number of nitrogens with one attached hydrogen (secondary N) is 1. The van der Waals surface area contributed by atoms with Gasteiger partial charge in [-0.2, -0.15) is 13.2 Å². The topological polar surface area (TPSA) is 76.1 Å². The van der Waals surface area contributed by atoms with Gasteiger partial charge < -0.3 is 5.32 Å². The Kier molecular flexibility index (Phi) is 4.05. The second-order valence-electron chi connectivity index (χ2n) is 4.56. The van der Waals surface area contributed by atoms with E-state index >= 15 is 0 Å². The van der Waals surface area contributed by atoms with Crippen LogP contribution in [0.15, 0.2) is 5.38 Å². The third kappa shape index (κ3) is 3.92. The van der Waals surface area contributed by atoms with Crippen molar-refractivity contribution in [3.05, 3.63) is 11.1 Å². The van der Waals surface area contributed by atoms with Gasteiger partial charge in [-0.05, 0) is 12.3 Å². The first-order valence-corrected chi connectivity index (χ1v) is 8.39. The Bertz CT molecular complexity index is 610. The number of rotatable bonds is 3. The lowest BCUT2D eigenvalue weighted by Gasteiger charge is -2.06. The summed E-state index contributed by atoms with van der Waals surface area (Å²) in [5.41, 5.74) is -1.05. The predicted molar refractivity (Wildman–Crippen MR) is 67.1 cm³/mol. The van der Waals surface area contributed by atoms with Crippen LogP contribution in [-0.4, -0.2) is 30.8 Å². The zero-order chi connectivity index (χ0) is 15.0. The third-order valence-corrected chi connectivity index (χ3v) is 5.44. The summed E-state index contributed by atoms with van der Waals surface area (Å²) in [6, 6.07) is 0. The van der Waals surface area contributed by atoms with Gasteiger partial charge in [0.05, 0.1) is 11.5 Å². The van der Waals surface area contributed by atoms with Gasteiger partial charge in [0.1, 0.15) is 0 Å². The molecule has 0 spiro atoms. The van der Waals surface area contributed by atoms with Gasteiger partial charge in [-0.1, -0.05) is 0 Å². The number of nitrogens with zero attached hydrogens (tertiary/aromatic N) is 1. The molecule has 1 N–H and O–H groups in total. The van der Waals surface area contributed by atoms with Gasteiger partial charge in [0.15, 0.2) is 20.7 Å². The predicted octanol–water partition coefficient (Wildman–Crippen LogP) is 1.93. The van der Waals surface area contributed by atoms with Crippen LogP contribution in [0.25, 0.3) is 0 Å². The molecule has 0 aromatic carbocycles. The number of anilines is 1. The Morgan fingerprint density at radius 3 is 2.70 bits per heavy atom. The van der Waals surface area contributed by atoms with Crippen LogP contribution in [0.4, 0.5) is 18.3 Å². The molecule has 1 aromatic heterocycles. The van der Waals surface area contributed by atoms with E-state index in [-0.39, 0.29) is 29.0 Å². The Labute approximate surface area is 117 Å². The van der Waals surface area contributed by atoms with E-state index in [9.17, 15) is 26.4 Å². The summed E-state index contributed by atoms with van der Waals surface area (Å²) in [6.45, 7) is 0. The molecule has 1 amide bonds. The molecule has 10 heteroatoms. The van der Waals surface area contributed by atoms with Crippen LogP contribution in [0.2, 0.25) is 0 Å². The maximum atomic E-state index is 12.3. The number of hydrogen-bond donors (Lipinski definition) is 1. The van der Waals surface area contributed by atoms with Crippen LogP contribution in [0, 0.1) is 5.92 Å². The van der Waals surface area contributed by atoms with Gasteiger partial charge in [0.25, 0.3) is 0 Å². The number of sulfone groups is 1. The van der Waals surface area contributed by atoms with Crippen molar-refractivity contribution in [2.24, 2.45) is 5.92 Å². The fraction of sp³-hybridized carbons (Fsp3) is 0.600. The highest BCUT2D eigenvalue weighted by Crippen LogP contribution is 2.31. The molecule has 1 saturated heterocycles. The lowest BCUT2D eigenvalue weighted by Crippen LogP contribution is -2.17. The number of carbonyl (C=O) groups excluding carboxylic acids is 1. The molecule has 0 radical (unpaired) electrons. The molecule has 112 valence electrons. The van der Waals surface area contributed by atoms with Crippen molar-refractivity contribution in [1.82, 2.24) is 4.98 Å². The van der Waals surface area contributed by atoms with Crippen LogP contribution in [-0.2, 0) is 20.8 Å². The SMILES string of the molecule is O=C(CC1CCS(=O)(=O)C1)Nc1nc(C(F)(F)F)cs1. The van der Waals surface area contributed by atoms with E-state index < -0.39 is 27.6 Å². The van der Waals surface area contributed by atoms with Gasteiger partial charge in [0.2, 0.25) is 5.91 Å². The number of amides is 1. The lowest BCUT2D eigenvalue weighted by atomic mass is 10.1. The highest BCUT2D eigenvalue weighted by Gasteiger charge is 2.34. The number of carbonyl (C=O) groups is 1. The number of hydrogen-bond acceptors (Lipinski definition) is 5. The normalized spacial score (nSPS) is 21.9. The summed E-state index contributed by atoms with van der Waals surface area (Å²) in [7, 11) is -3.07. The maximum absolute atomic E-state index is 12.3. The van der Waals surface area contributed by atoms with Crippen LogP contribution < -0.4 is 5.32 Å². The number of halogens is 3. The van der Waals surface area contributed by atoms with Gasteiger partial charge >= 0.3 is 6.18 Å². The van der Waals surface area contributed by atoms with Crippen molar-refractivity contribution in [3.8, 4) is 0 Å². The summed E-state index contributed by atoms with van der Waals surface area (Å²) in [6.07, 6.45) is -4.17. The van der Waals surface area contributed by atoms with Crippen LogP contribution >= 0.6 is 11.3 Å². The van der Waals surface area contributed by atoms with Crippen molar-refractivity contribution in [3.63, 3.8) is 0 Å². The average molecular weight is 328 g/mol. The van der Waals surface area contributed by atoms with Crippen molar-refractivity contribution in [2.75, 3.05) is 16.8 Å². The highest BCUT2D eigenvalue weighted by atomic mass is 32.2. The van der Waals surface area contributed by atoms with E-state index in [1.807, 2.05) is 0 Å². The fourth-order valence-electron chi connectivity index (χ4n) is 1.93. The number of aromatic nitrogens is 1. The lowest BCUT2D eigenvalue weighted by molar-refractivity contribution is -0.140. The van der Waals surface area contributed by atoms with Crippen molar-refractivity contribution >= 4 is 32.2 Å². The molecule has 0 bridgehead atoms. The molecule has 1 aromatic rings. The Hall–Kier alpha value is -1.16. The quantitative estimate of drug-likeness (QED) is 0.920. The maximum Gasteiger partial charge on any atom is 0.434 e. The molecule has 2 heterocycles. The highest BCUT2D eigenvalue weighted by molar-refractivity contribution is 7.91.